The molecule has 0 spiro atoms. The SMILES string of the molecule is CCCCCCCC[C@H]1CC[C@H]2[C@@H]3CC=C4C[C@@H](SC(=O)C(C)Oc5ccccc5)CC[C@]4(C)[C@H]3CC[C@]12C. The van der Waals surface area contributed by atoms with Gasteiger partial charge in [-0.25, -0.2) is 0 Å². The van der Waals surface area contributed by atoms with Gasteiger partial charge < -0.3 is 4.74 Å². The Balaban J connectivity index is 1.16. The molecule has 3 heteroatoms. The number of carbonyl (C=O) groups excluding carboxylic acids is 1. The number of benzene rings is 1. The highest BCUT2D eigenvalue weighted by Crippen LogP contribution is 2.67. The second kappa shape index (κ2) is 12.7. The third kappa shape index (κ3) is 6.19. The van der Waals surface area contributed by atoms with Gasteiger partial charge in [0.25, 0.3) is 0 Å². The van der Waals surface area contributed by atoms with Crippen molar-refractivity contribution in [3.63, 3.8) is 0 Å². The quantitative estimate of drug-likeness (QED) is 0.202. The van der Waals surface area contributed by atoms with Crippen LogP contribution in [0.25, 0.3) is 0 Å². The third-order valence-electron chi connectivity index (χ3n) is 11.8. The first-order valence-electron chi connectivity index (χ1n) is 16.5. The highest BCUT2D eigenvalue weighted by Gasteiger charge is 2.58. The predicted octanol–water partition coefficient (Wildman–Crippen LogP) is 10.4. The van der Waals surface area contributed by atoms with Crippen LogP contribution in [0.2, 0.25) is 0 Å². The molecule has 1 aromatic rings. The summed E-state index contributed by atoms with van der Waals surface area (Å²) in [7, 11) is 0. The van der Waals surface area contributed by atoms with Crippen molar-refractivity contribution in [3.8, 4) is 5.75 Å². The molecule has 0 aliphatic heterocycles. The summed E-state index contributed by atoms with van der Waals surface area (Å²) in [5.74, 6) is 4.41. The van der Waals surface area contributed by atoms with Crippen molar-refractivity contribution in [2.24, 2.45) is 34.5 Å². The van der Waals surface area contributed by atoms with Crippen LogP contribution in [0.1, 0.15) is 124 Å². The number of rotatable bonds is 11. The molecule has 0 radical (unpaired) electrons. The lowest BCUT2D eigenvalue weighted by Crippen LogP contribution is -2.50. The van der Waals surface area contributed by atoms with E-state index in [1.807, 2.05) is 37.3 Å². The molecular formula is C36H54O2S. The minimum atomic E-state index is -0.405. The number of allylic oxidation sites excluding steroid dienone is 2. The molecule has 216 valence electrons. The Bertz CT molecular complexity index is 987. The van der Waals surface area contributed by atoms with Gasteiger partial charge >= 0.3 is 0 Å². The molecular weight excluding hydrogens is 496 g/mol. The van der Waals surface area contributed by atoms with Gasteiger partial charge in [0.1, 0.15) is 5.75 Å². The number of ether oxygens (including phenoxy) is 1. The molecule has 4 aliphatic carbocycles. The number of para-hydroxylation sites is 1. The largest absolute Gasteiger partial charge is 0.482 e. The molecule has 0 amide bonds. The molecule has 0 N–H and O–H groups in total. The second-order valence-corrected chi connectivity index (χ2v) is 15.3. The predicted molar refractivity (Wildman–Crippen MR) is 166 cm³/mol. The first-order chi connectivity index (χ1) is 18.8. The van der Waals surface area contributed by atoms with Crippen LogP contribution >= 0.6 is 11.8 Å². The van der Waals surface area contributed by atoms with Gasteiger partial charge in [0, 0.05) is 5.25 Å². The van der Waals surface area contributed by atoms with E-state index in [1.165, 1.54) is 83.5 Å². The number of carbonyl (C=O) groups is 1. The Labute approximate surface area is 243 Å². The zero-order valence-corrected chi connectivity index (χ0v) is 26.1. The maximum Gasteiger partial charge on any atom is 0.229 e. The van der Waals surface area contributed by atoms with E-state index in [-0.39, 0.29) is 5.12 Å². The number of hydrogen-bond donors (Lipinski definition) is 0. The Hall–Kier alpha value is -1.22. The summed E-state index contributed by atoms with van der Waals surface area (Å²) in [6.07, 6.45) is 22.9. The highest BCUT2D eigenvalue weighted by atomic mass is 32.2. The zero-order valence-electron chi connectivity index (χ0n) is 25.3. The fourth-order valence-corrected chi connectivity index (χ4v) is 10.6. The minimum absolute atomic E-state index is 0.178. The fraction of sp³-hybridized carbons (Fsp3) is 0.750. The van der Waals surface area contributed by atoms with Crippen LogP contribution in [0.15, 0.2) is 42.0 Å². The normalized spacial score (nSPS) is 36.3. The standard InChI is InChI=1S/C36H54O2S/c1-5-6-7-8-9-11-14-27-18-20-32-31-19-17-28-25-30(21-23-36(28,4)33(31)22-24-35(27,32)3)39-34(37)26(2)38-29-15-12-10-13-16-29/h10,12-13,15-17,26-27,30-33H,5-9,11,14,18-25H2,1-4H3/t26?,27-,30-,31-,32-,33-,35+,36-/m0/s1. The summed E-state index contributed by atoms with van der Waals surface area (Å²) in [5.41, 5.74) is 2.62. The van der Waals surface area contributed by atoms with E-state index in [1.54, 1.807) is 17.3 Å². The highest BCUT2D eigenvalue weighted by molar-refractivity contribution is 8.14. The lowest BCUT2D eigenvalue weighted by atomic mass is 9.47. The van der Waals surface area contributed by atoms with Gasteiger partial charge in [-0.05, 0) is 111 Å². The molecule has 0 aromatic heterocycles. The topological polar surface area (TPSA) is 26.3 Å². The Kier molecular flexibility index (Phi) is 9.57. The van der Waals surface area contributed by atoms with Crippen molar-refractivity contribution in [2.75, 3.05) is 0 Å². The molecule has 0 heterocycles. The number of unbranched alkanes of at least 4 members (excludes halogenated alkanes) is 5. The van der Waals surface area contributed by atoms with E-state index in [0.29, 0.717) is 16.1 Å². The lowest BCUT2D eigenvalue weighted by Gasteiger charge is -2.58. The summed E-state index contributed by atoms with van der Waals surface area (Å²) in [5, 5.41) is 0.578. The van der Waals surface area contributed by atoms with Crippen LogP contribution in [0.4, 0.5) is 0 Å². The summed E-state index contributed by atoms with van der Waals surface area (Å²) in [6, 6.07) is 9.75. The summed E-state index contributed by atoms with van der Waals surface area (Å²) in [6.45, 7) is 9.52. The van der Waals surface area contributed by atoms with Crippen LogP contribution < -0.4 is 4.74 Å². The second-order valence-electron chi connectivity index (χ2n) is 14.0. The Morgan fingerprint density at radius 1 is 0.974 bits per heavy atom. The first kappa shape index (κ1) is 29.3. The van der Waals surface area contributed by atoms with Crippen LogP contribution in [-0.2, 0) is 4.79 Å². The fourth-order valence-electron chi connectivity index (χ4n) is 9.49. The maximum atomic E-state index is 13.0. The summed E-state index contributed by atoms with van der Waals surface area (Å²) < 4.78 is 5.93. The van der Waals surface area contributed by atoms with Gasteiger partial charge in [-0.2, -0.15) is 0 Å². The van der Waals surface area contributed by atoms with Crippen molar-refractivity contribution in [1.29, 1.82) is 0 Å². The van der Waals surface area contributed by atoms with Crippen molar-refractivity contribution >= 4 is 16.9 Å². The van der Waals surface area contributed by atoms with Crippen molar-refractivity contribution < 1.29 is 9.53 Å². The number of fused-ring (bicyclic) bond motifs is 5. The molecule has 3 saturated carbocycles. The van der Waals surface area contributed by atoms with E-state index in [0.717, 1.165) is 42.3 Å². The van der Waals surface area contributed by atoms with E-state index in [9.17, 15) is 4.79 Å². The molecule has 1 unspecified atom stereocenters. The van der Waals surface area contributed by atoms with Crippen molar-refractivity contribution in [2.45, 2.75) is 135 Å². The summed E-state index contributed by atoms with van der Waals surface area (Å²) >= 11 is 1.56. The smallest absolute Gasteiger partial charge is 0.229 e. The van der Waals surface area contributed by atoms with Crippen LogP contribution in [0, 0.1) is 34.5 Å². The molecule has 1 aromatic carbocycles. The lowest BCUT2D eigenvalue weighted by molar-refractivity contribution is -0.116. The molecule has 0 saturated heterocycles. The molecule has 4 aliphatic rings. The van der Waals surface area contributed by atoms with Gasteiger partial charge in [-0.15, -0.1) is 0 Å². The minimum Gasteiger partial charge on any atom is -0.482 e. The first-order valence-corrected chi connectivity index (χ1v) is 17.3. The van der Waals surface area contributed by atoms with Gasteiger partial charge in [0.05, 0.1) is 0 Å². The van der Waals surface area contributed by atoms with Crippen molar-refractivity contribution in [1.82, 2.24) is 0 Å². The maximum absolute atomic E-state index is 13.0. The van der Waals surface area contributed by atoms with Crippen LogP contribution in [-0.4, -0.2) is 16.5 Å². The van der Waals surface area contributed by atoms with Gasteiger partial charge in [-0.1, -0.05) is 101 Å². The van der Waals surface area contributed by atoms with E-state index >= 15 is 0 Å². The average molecular weight is 551 g/mol. The molecule has 5 rings (SSSR count). The summed E-state index contributed by atoms with van der Waals surface area (Å²) in [4.78, 5) is 13.0. The van der Waals surface area contributed by atoms with E-state index < -0.39 is 6.10 Å². The molecule has 8 atom stereocenters. The van der Waals surface area contributed by atoms with Crippen LogP contribution in [0.3, 0.4) is 0 Å². The Morgan fingerprint density at radius 3 is 2.54 bits per heavy atom. The van der Waals surface area contributed by atoms with Gasteiger partial charge in [0.2, 0.25) is 5.12 Å². The van der Waals surface area contributed by atoms with E-state index in [2.05, 4.69) is 26.8 Å². The van der Waals surface area contributed by atoms with E-state index in [4.69, 9.17) is 4.74 Å². The number of thioether (sulfide) groups is 1. The molecule has 2 nitrogen and oxygen atoms in total. The van der Waals surface area contributed by atoms with Crippen molar-refractivity contribution in [3.05, 3.63) is 42.0 Å². The number of hydrogen-bond acceptors (Lipinski definition) is 3. The molecule has 39 heavy (non-hydrogen) atoms. The van der Waals surface area contributed by atoms with Gasteiger partial charge in [0.15, 0.2) is 6.10 Å². The molecule has 3 fully saturated rings. The average Bonchev–Trinajstić information content (AvgIpc) is 3.27. The Morgan fingerprint density at radius 2 is 1.74 bits per heavy atom. The van der Waals surface area contributed by atoms with Crippen LogP contribution in [0.5, 0.6) is 5.75 Å². The monoisotopic (exact) mass is 550 g/mol. The molecule has 0 bridgehead atoms. The third-order valence-corrected chi connectivity index (χ3v) is 13.1. The van der Waals surface area contributed by atoms with Gasteiger partial charge in [-0.3, -0.25) is 4.79 Å². The zero-order chi connectivity index (χ0) is 27.5.